The van der Waals surface area contributed by atoms with Crippen LogP contribution in [0.2, 0.25) is 0 Å². The maximum absolute atomic E-state index is 13.0. The third-order valence-corrected chi connectivity index (χ3v) is 4.50. The minimum atomic E-state index is -0.522. The molecule has 1 aromatic carbocycles. The van der Waals surface area contributed by atoms with Gasteiger partial charge in [-0.3, -0.25) is 9.59 Å². The summed E-state index contributed by atoms with van der Waals surface area (Å²) in [5, 5.41) is 9.50. The summed E-state index contributed by atoms with van der Waals surface area (Å²) in [6.07, 6.45) is 1.66. The molecule has 0 N–H and O–H groups in total. The summed E-state index contributed by atoms with van der Waals surface area (Å²) >= 11 is 0. The topological polar surface area (TPSA) is 79.0 Å². The van der Waals surface area contributed by atoms with Crippen LogP contribution in [0.1, 0.15) is 36.6 Å². The van der Waals surface area contributed by atoms with Crippen molar-refractivity contribution in [3.8, 4) is 5.69 Å². The van der Waals surface area contributed by atoms with Gasteiger partial charge >= 0.3 is 5.97 Å². The Bertz CT molecular complexity index is 1050. The Kier molecular flexibility index (Phi) is 4.63. The van der Waals surface area contributed by atoms with E-state index in [4.69, 9.17) is 0 Å². The number of fused-ring (bicyclic) bond motifs is 1. The normalized spacial score (nSPS) is 11.3. The first-order valence-electron chi connectivity index (χ1n) is 8.46. The molecule has 7 nitrogen and oxygen atoms in total. The zero-order valence-corrected chi connectivity index (χ0v) is 15.6. The van der Waals surface area contributed by atoms with Crippen molar-refractivity contribution in [3.05, 3.63) is 51.6 Å². The summed E-state index contributed by atoms with van der Waals surface area (Å²) in [6.45, 7) is 7.79. The van der Waals surface area contributed by atoms with Gasteiger partial charge in [0.2, 0.25) is 0 Å². The molecule has 0 bridgehead atoms. The van der Waals surface area contributed by atoms with Crippen LogP contribution >= 0.6 is 0 Å². The van der Waals surface area contributed by atoms with Crippen LogP contribution in [-0.4, -0.2) is 32.6 Å². The molecule has 0 saturated carbocycles. The predicted octanol–water partition coefficient (Wildman–Crippen LogP) is 2.50. The number of rotatable bonds is 4. The first-order chi connectivity index (χ1) is 12.3. The number of carbonyl (C=O) groups is 1. The monoisotopic (exact) mass is 354 g/mol. The lowest BCUT2D eigenvalue weighted by molar-refractivity contribution is -0.141. The Morgan fingerprint density at radius 3 is 2.58 bits per heavy atom. The van der Waals surface area contributed by atoms with Gasteiger partial charge in [-0.1, -0.05) is 19.9 Å². The Hall–Kier alpha value is -2.96. The third-order valence-electron chi connectivity index (χ3n) is 4.50. The average Bonchev–Trinajstić information content (AvgIpc) is 3.04. The molecule has 3 rings (SSSR count). The lowest BCUT2D eigenvalue weighted by atomic mass is 10.1. The second kappa shape index (κ2) is 6.74. The summed E-state index contributed by atoms with van der Waals surface area (Å²) in [5.41, 5.74) is 3.84. The van der Waals surface area contributed by atoms with Crippen LogP contribution in [0, 0.1) is 13.8 Å². The van der Waals surface area contributed by atoms with Crippen molar-refractivity contribution in [3.63, 3.8) is 0 Å². The molecule has 0 fully saturated rings. The van der Waals surface area contributed by atoms with Crippen LogP contribution in [0.15, 0.2) is 29.2 Å². The van der Waals surface area contributed by atoms with Gasteiger partial charge in [0.25, 0.3) is 5.56 Å². The zero-order valence-electron chi connectivity index (χ0n) is 15.6. The molecule has 3 aromatic rings. The molecule has 0 aliphatic carbocycles. The second-order valence-electron chi connectivity index (χ2n) is 6.67. The molecule has 0 aliphatic heterocycles. The second-order valence-corrected chi connectivity index (χ2v) is 6.67. The molecule has 0 radical (unpaired) electrons. The fraction of sp³-hybridized carbons (Fsp3) is 0.368. The maximum atomic E-state index is 13.0. The first-order valence-corrected chi connectivity index (χ1v) is 8.46. The highest BCUT2D eigenvalue weighted by Crippen LogP contribution is 2.23. The summed E-state index contributed by atoms with van der Waals surface area (Å²) in [5.74, 6) is -0.453. The number of aromatic nitrogens is 4. The van der Waals surface area contributed by atoms with Crippen LogP contribution < -0.4 is 5.56 Å². The number of ether oxygens (including phenoxy) is 1. The highest BCUT2D eigenvalue weighted by molar-refractivity contribution is 5.82. The van der Waals surface area contributed by atoms with Crippen LogP contribution in [0.3, 0.4) is 0 Å². The molecule has 2 aromatic heterocycles. The van der Waals surface area contributed by atoms with Gasteiger partial charge in [0.05, 0.1) is 24.7 Å². The van der Waals surface area contributed by atoms with E-state index in [9.17, 15) is 9.59 Å². The number of nitrogens with zero attached hydrogens (tertiary/aromatic N) is 4. The van der Waals surface area contributed by atoms with E-state index in [-0.39, 0.29) is 18.0 Å². The summed E-state index contributed by atoms with van der Waals surface area (Å²) in [4.78, 5) is 24.7. The van der Waals surface area contributed by atoms with Gasteiger partial charge < -0.3 is 4.74 Å². The van der Waals surface area contributed by atoms with Crippen molar-refractivity contribution in [2.24, 2.45) is 0 Å². The van der Waals surface area contributed by atoms with Crippen molar-refractivity contribution in [1.82, 2.24) is 19.6 Å². The lowest BCUT2D eigenvalue weighted by Gasteiger charge is -2.12. The van der Waals surface area contributed by atoms with E-state index in [1.807, 2.05) is 45.9 Å². The van der Waals surface area contributed by atoms with Gasteiger partial charge in [0.1, 0.15) is 12.1 Å². The molecule has 0 unspecified atom stereocenters. The third kappa shape index (κ3) is 3.00. The predicted molar refractivity (Wildman–Crippen MR) is 98.7 cm³/mol. The van der Waals surface area contributed by atoms with Gasteiger partial charge in [-0.15, -0.1) is 0 Å². The minimum Gasteiger partial charge on any atom is -0.468 e. The van der Waals surface area contributed by atoms with E-state index in [0.717, 1.165) is 27.2 Å². The van der Waals surface area contributed by atoms with Crippen LogP contribution in [0.4, 0.5) is 0 Å². The van der Waals surface area contributed by atoms with Gasteiger partial charge in [0.15, 0.2) is 0 Å². The Balaban J connectivity index is 2.30. The molecule has 136 valence electrons. The van der Waals surface area contributed by atoms with Gasteiger partial charge in [0, 0.05) is 5.39 Å². The van der Waals surface area contributed by atoms with Gasteiger partial charge in [-0.05, 0) is 43.0 Å². The molecule has 0 amide bonds. The number of aryl methyl sites for hydroxylation is 2. The Morgan fingerprint density at radius 2 is 1.96 bits per heavy atom. The Labute approximate surface area is 151 Å². The summed E-state index contributed by atoms with van der Waals surface area (Å²) < 4.78 is 7.46. The molecule has 7 heteroatoms. The highest BCUT2D eigenvalue weighted by atomic mass is 16.5. The zero-order chi connectivity index (χ0) is 19.0. The molecule has 0 aliphatic rings. The van der Waals surface area contributed by atoms with Crippen LogP contribution in [0.5, 0.6) is 0 Å². The van der Waals surface area contributed by atoms with Crippen molar-refractivity contribution < 1.29 is 9.53 Å². The highest BCUT2D eigenvalue weighted by Gasteiger charge is 2.20. The van der Waals surface area contributed by atoms with Crippen molar-refractivity contribution in [2.75, 3.05) is 7.11 Å². The molecule has 0 saturated heterocycles. The number of esters is 1. The summed E-state index contributed by atoms with van der Waals surface area (Å²) in [6, 6.07) is 5.91. The fourth-order valence-corrected chi connectivity index (χ4v) is 2.87. The van der Waals surface area contributed by atoms with Gasteiger partial charge in [-0.25, -0.2) is 9.36 Å². The quantitative estimate of drug-likeness (QED) is 0.673. The SMILES string of the molecule is COC(=O)Cn1nc(C(C)C)c2cnn(-c3ccc(C)c(C)c3)c2c1=O. The van der Waals surface area contributed by atoms with Gasteiger partial charge in [-0.2, -0.15) is 10.2 Å². The minimum absolute atomic E-state index is 0.0689. The van der Waals surface area contributed by atoms with E-state index in [2.05, 4.69) is 14.9 Å². The van der Waals surface area contributed by atoms with Crippen molar-refractivity contribution >= 4 is 16.9 Å². The van der Waals surface area contributed by atoms with E-state index in [1.165, 1.54) is 7.11 Å². The van der Waals surface area contributed by atoms with Crippen LogP contribution in [-0.2, 0) is 16.1 Å². The smallest absolute Gasteiger partial charge is 0.327 e. The number of benzene rings is 1. The molecule has 0 spiro atoms. The van der Waals surface area contributed by atoms with E-state index < -0.39 is 5.97 Å². The maximum Gasteiger partial charge on any atom is 0.327 e. The van der Waals surface area contributed by atoms with E-state index in [0.29, 0.717) is 10.9 Å². The fourth-order valence-electron chi connectivity index (χ4n) is 2.87. The van der Waals surface area contributed by atoms with Crippen LogP contribution in [0.25, 0.3) is 16.6 Å². The first kappa shape index (κ1) is 17.8. The van der Waals surface area contributed by atoms with Crippen molar-refractivity contribution in [2.45, 2.75) is 40.2 Å². The van der Waals surface area contributed by atoms with E-state index in [1.54, 1.807) is 10.9 Å². The number of hydrogen-bond acceptors (Lipinski definition) is 5. The molecule has 26 heavy (non-hydrogen) atoms. The largest absolute Gasteiger partial charge is 0.468 e. The number of carbonyl (C=O) groups excluding carboxylic acids is 1. The number of methoxy groups -OCH3 is 1. The summed E-state index contributed by atoms with van der Waals surface area (Å²) in [7, 11) is 1.29. The molecular formula is C19H22N4O3. The number of hydrogen-bond donors (Lipinski definition) is 0. The lowest BCUT2D eigenvalue weighted by Crippen LogP contribution is -2.29. The Morgan fingerprint density at radius 1 is 1.23 bits per heavy atom. The van der Waals surface area contributed by atoms with Crippen molar-refractivity contribution in [1.29, 1.82) is 0 Å². The molecule has 2 heterocycles. The van der Waals surface area contributed by atoms with E-state index >= 15 is 0 Å². The standard InChI is InChI=1S/C19H22N4O3/c1-11(2)17-15-9-20-23(14-7-6-12(3)13(4)8-14)18(15)19(25)22(21-17)10-16(24)26-5/h6-9,11H,10H2,1-5H3. The molecular weight excluding hydrogens is 332 g/mol. The average molecular weight is 354 g/mol. The molecule has 0 atom stereocenters.